The number of nitrogens with zero attached hydrogens (tertiary/aromatic N) is 1. The van der Waals surface area contributed by atoms with Crippen LogP contribution in [0.25, 0.3) is 0 Å². The van der Waals surface area contributed by atoms with Gasteiger partial charge in [-0.25, -0.2) is 0 Å². The highest BCUT2D eigenvalue weighted by atomic mass is 32.2. The Morgan fingerprint density at radius 1 is 1.19 bits per heavy atom. The van der Waals surface area contributed by atoms with E-state index in [1.54, 1.807) is 0 Å². The zero-order chi connectivity index (χ0) is 19.7. The molecule has 0 bridgehead atoms. The minimum absolute atomic E-state index is 0.130. The number of hydrogen-bond acceptors (Lipinski definition) is 3. The van der Waals surface area contributed by atoms with Crippen molar-refractivity contribution in [2.24, 2.45) is 11.8 Å². The van der Waals surface area contributed by atoms with Gasteiger partial charge in [0.1, 0.15) is 0 Å². The third-order valence-corrected chi connectivity index (χ3v) is 7.57. The number of benzene rings is 1. The fraction of sp³-hybridized carbons (Fsp3) is 0.714. The number of nitrogens with one attached hydrogen (secondary N) is 2. The molecule has 1 aliphatic heterocycles. The molecule has 1 aromatic rings. The van der Waals surface area contributed by atoms with Crippen molar-refractivity contribution >= 4 is 15.9 Å². The van der Waals surface area contributed by atoms with E-state index < -0.39 is 10.2 Å². The summed E-state index contributed by atoms with van der Waals surface area (Å²) in [4.78, 5) is 2.62. The number of rotatable bonds is 10. The molecule has 27 heavy (non-hydrogen) atoms. The fourth-order valence-corrected chi connectivity index (χ4v) is 5.86. The van der Waals surface area contributed by atoms with Crippen LogP contribution in [0.3, 0.4) is 0 Å². The molecule has 0 spiro atoms. The predicted molar refractivity (Wildman–Crippen MR) is 112 cm³/mol. The Morgan fingerprint density at radius 3 is 2.52 bits per heavy atom. The molecule has 2 aliphatic rings. The van der Waals surface area contributed by atoms with Crippen molar-refractivity contribution in [1.29, 1.82) is 0 Å². The number of anilines is 1. The minimum atomic E-state index is -3.53. The van der Waals surface area contributed by atoms with Gasteiger partial charge >= 0.3 is 0 Å². The SMILES string of the molecule is CCCCCCN1CC2C(C1)C2(C)c1cccc(NS(=O)(=O)NC(C)C)c1. The average molecular weight is 394 g/mol. The van der Waals surface area contributed by atoms with Crippen LogP contribution in [0, 0.1) is 11.8 Å². The van der Waals surface area contributed by atoms with Gasteiger partial charge in [-0.05, 0) is 56.3 Å². The van der Waals surface area contributed by atoms with Gasteiger partial charge in [0.2, 0.25) is 0 Å². The van der Waals surface area contributed by atoms with Crippen LogP contribution in [0.2, 0.25) is 0 Å². The van der Waals surface area contributed by atoms with Gasteiger partial charge in [-0.3, -0.25) is 4.72 Å². The van der Waals surface area contributed by atoms with E-state index in [1.807, 2.05) is 32.0 Å². The second kappa shape index (κ2) is 8.10. The molecule has 1 heterocycles. The summed E-state index contributed by atoms with van der Waals surface area (Å²) in [6, 6.07) is 7.82. The topological polar surface area (TPSA) is 61.4 Å². The highest BCUT2D eigenvalue weighted by molar-refractivity contribution is 7.90. The summed E-state index contributed by atoms with van der Waals surface area (Å²) in [5, 5.41) is 0. The van der Waals surface area contributed by atoms with Crippen LogP contribution in [-0.4, -0.2) is 39.0 Å². The van der Waals surface area contributed by atoms with Crippen molar-refractivity contribution in [2.45, 2.75) is 64.8 Å². The number of hydrogen-bond donors (Lipinski definition) is 2. The molecule has 152 valence electrons. The van der Waals surface area contributed by atoms with Gasteiger partial charge in [-0.2, -0.15) is 13.1 Å². The van der Waals surface area contributed by atoms with Crippen molar-refractivity contribution in [2.75, 3.05) is 24.4 Å². The van der Waals surface area contributed by atoms with Gasteiger partial charge in [-0.1, -0.05) is 45.2 Å². The minimum Gasteiger partial charge on any atom is -0.303 e. The van der Waals surface area contributed by atoms with E-state index in [9.17, 15) is 8.42 Å². The van der Waals surface area contributed by atoms with Crippen LogP contribution in [0.4, 0.5) is 5.69 Å². The van der Waals surface area contributed by atoms with Gasteiger partial charge in [0.05, 0.1) is 5.69 Å². The van der Waals surface area contributed by atoms with Crippen molar-refractivity contribution < 1.29 is 8.42 Å². The van der Waals surface area contributed by atoms with Crippen LogP contribution in [0.1, 0.15) is 58.9 Å². The molecule has 1 saturated heterocycles. The number of piperidine rings is 1. The highest BCUT2D eigenvalue weighted by Gasteiger charge is 2.65. The van der Waals surface area contributed by atoms with Gasteiger partial charge in [-0.15, -0.1) is 0 Å². The van der Waals surface area contributed by atoms with E-state index in [-0.39, 0.29) is 11.5 Å². The van der Waals surface area contributed by atoms with E-state index in [2.05, 4.69) is 34.3 Å². The fourth-order valence-electron chi connectivity index (χ4n) is 4.75. The Balaban J connectivity index is 1.59. The molecular weight excluding hydrogens is 358 g/mol. The summed E-state index contributed by atoms with van der Waals surface area (Å²) in [6.07, 6.45) is 5.28. The van der Waals surface area contributed by atoms with Crippen LogP contribution in [0.15, 0.2) is 24.3 Å². The summed E-state index contributed by atoms with van der Waals surface area (Å²) in [5.41, 5.74) is 2.09. The lowest BCUT2D eigenvalue weighted by Crippen LogP contribution is -2.35. The molecule has 2 fully saturated rings. The van der Waals surface area contributed by atoms with E-state index in [0.29, 0.717) is 17.5 Å². The molecule has 2 atom stereocenters. The molecule has 2 unspecified atom stereocenters. The largest absolute Gasteiger partial charge is 0.303 e. The van der Waals surface area contributed by atoms with Crippen LogP contribution in [0.5, 0.6) is 0 Å². The lowest BCUT2D eigenvalue weighted by Gasteiger charge is -2.25. The maximum Gasteiger partial charge on any atom is 0.299 e. The predicted octanol–water partition coefficient (Wildman–Crippen LogP) is 3.74. The van der Waals surface area contributed by atoms with Crippen LogP contribution < -0.4 is 9.44 Å². The number of unbranched alkanes of at least 4 members (excludes halogenated alkanes) is 3. The maximum atomic E-state index is 12.1. The second-order valence-corrected chi connectivity index (χ2v) is 10.2. The molecule has 0 aromatic heterocycles. The van der Waals surface area contributed by atoms with Crippen molar-refractivity contribution in [1.82, 2.24) is 9.62 Å². The van der Waals surface area contributed by atoms with Gasteiger partial charge in [0.25, 0.3) is 10.2 Å². The quantitative estimate of drug-likeness (QED) is 0.595. The number of likely N-dealkylation sites (tertiary alicyclic amines) is 1. The Labute approximate surface area is 165 Å². The summed E-state index contributed by atoms with van der Waals surface area (Å²) < 4.78 is 29.5. The second-order valence-electron chi connectivity index (χ2n) is 8.77. The lowest BCUT2D eigenvalue weighted by molar-refractivity contribution is 0.271. The van der Waals surface area contributed by atoms with E-state index >= 15 is 0 Å². The van der Waals surface area contributed by atoms with E-state index in [0.717, 1.165) is 0 Å². The van der Waals surface area contributed by atoms with Crippen LogP contribution >= 0.6 is 0 Å². The molecule has 6 heteroatoms. The van der Waals surface area contributed by atoms with Gasteiger partial charge in [0.15, 0.2) is 0 Å². The molecule has 5 nitrogen and oxygen atoms in total. The molecule has 3 rings (SSSR count). The van der Waals surface area contributed by atoms with Crippen molar-refractivity contribution in [3.05, 3.63) is 29.8 Å². The summed E-state index contributed by atoms with van der Waals surface area (Å²) in [6.45, 7) is 11.8. The van der Waals surface area contributed by atoms with Crippen molar-refractivity contribution in [3.8, 4) is 0 Å². The standard InChI is InChI=1S/C21H35N3O2S/c1-5-6-7-8-12-24-14-19-20(15-24)21(19,4)17-10-9-11-18(13-17)23-27(25,26)22-16(2)3/h9-11,13,16,19-20,22-23H,5-8,12,14-15H2,1-4H3. The number of fused-ring (bicyclic) bond motifs is 1. The van der Waals surface area contributed by atoms with Gasteiger partial charge < -0.3 is 4.90 Å². The lowest BCUT2D eigenvalue weighted by atomic mass is 9.92. The molecular formula is C21H35N3O2S. The third-order valence-electron chi connectivity index (χ3n) is 6.28. The van der Waals surface area contributed by atoms with E-state index in [4.69, 9.17) is 0 Å². The normalized spacial score (nSPS) is 27.7. The molecule has 1 aliphatic carbocycles. The summed E-state index contributed by atoms with van der Waals surface area (Å²) in [7, 11) is -3.53. The van der Waals surface area contributed by atoms with Gasteiger partial charge in [0, 0.05) is 24.5 Å². The summed E-state index contributed by atoms with van der Waals surface area (Å²) >= 11 is 0. The van der Waals surface area contributed by atoms with E-state index in [1.165, 1.54) is 50.9 Å². The first-order chi connectivity index (χ1) is 12.8. The average Bonchev–Trinajstić information content (AvgIpc) is 2.93. The first-order valence-corrected chi connectivity index (χ1v) is 11.9. The molecule has 2 N–H and O–H groups in total. The molecule has 0 amide bonds. The monoisotopic (exact) mass is 393 g/mol. The van der Waals surface area contributed by atoms with Crippen LogP contribution in [-0.2, 0) is 15.6 Å². The first-order valence-electron chi connectivity index (χ1n) is 10.4. The zero-order valence-corrected chi connectivity index (χ0v) is 18.0. The Bertz CT molecular complexity index is 736. The van der Waals surface area contributed by atoms with Crippen molar-refractivity contribution in [3.63, 3.8) is 0 Å². The highest BCUT2D eigenvalue weighted by Crippen LogP contribution is 2.63. The summed E-state index contributed by atoms with van der Waals surface area (Å²) in [5.74, 6) is 1.40. The zero-order valence-electron chi connectivity index (χ0n) is 17.2. The molecule has 1 saturated carbocycles. The Hall–Kier alpha value is -1.11. The smallest absolute Gasteiger partial charge is 0.299 e. The first kappa shape index (κ1) is 20.6. The Morgan fingerprint density at radius 2 is 1.89 bits per heavy atom. The third kappa shape index (κ3) is 4.66. The molecule has 1 aromatic carbocycles. The Kier molecular flexibility index (Phi) is 6.18. The molecule has 0 radical (unpaired) electrons. The maximum absolute atomic E-state index is 12.1.